The van der Waals surface area contributed by atoms with Crippen LogP contribution in [0.3, 0.4) is 0 Å². The van der Waals surface area contributed by atoms with Crippen molar-refractivity contribution in [3.8, 4) is 0 Å². The Balaban J connectivity index is 2.21. The van der Waals surface area contributed by atoms with E-state index in [0.29, 0.717) is 11.6 Å². The second-order valence-electron chi connectivity index (χ2n) is 8.03. The van der Waals surface area contributed by atoms with Gasteiger partial charge in [-0.2, -0.15) is 0 Å². The SMILES string of the molecule is CCCCCCCCCCCCCCC(CCC)c1c(N)cccc1N=O. The van der Waals surface area contributed by atoms with Crippen LogP contribution in [-0.2, 0) is 0 Å². The number of anilines is 1. The van der Waals surface area contributed by atoms with Crippen molar-refractivity contribution in [3.63, 3.8) is 0 Å². The predicted octanol–water partition coefficient (Wildman–Crippen LogP) is 8.64. The molecule has 0 saturated heterocycles. The van der Waals surface area contributed by atoms with Gasteiger partial charge in [0, 0.05) is 11.3 Å². The van der Waals surface area contributed by atoms with E-state index in [9.17, 15) is 4.91 Å². The summed E-state index contributed by atoms with van der Waals surface area (Å²) in [4.78, 5) is 11.2. The summed E-state index contributed by atoms with van der Waals surface area (Å²) < 4.78 is 0. The summed E-state index contributed by atoms with van der Waals surface area (Å²) in [6, 6.07) is 5.51. The maximum absolute atomic E-state index is 11.2. The Morgan fingerprint density at radius 3 is 1.85 bits per heavy atom. The molecule has 1 rings (SSSR count). The Bertz CT molecular complexity index is 501. The highest BCUT2D eigenvalue weighted by Crippen LogP contribution is 2.37. The number of nitrogens with zero attached hydrogens (tertiary/aromatic N) is 1. The first-order valence-corrected chi connectivity index (χ1v) is 11.5. The lowest BCUT2D eigenvalue weighted by Crippen LogP contribution is -2.04. The molecule has 1 aromatic carbocycles. The fourth-order valence-corrected chi connectivity index (χ4v) is 4.11. The minimum Gasteiger partial charge on any atom is -0.398 e. The molecule has 2 N–H and O–H groups in total. The lowest BCUT2D eigenvalue weighted by atomic mass is 9.87. The first-order chi connectivity index (χ1) is 13.2. The van der Waals surface area contributed by atoms with Gasteiger partial charge in [-0.25, -0.2) is 0 Å². The van der Waals surface area contributed by atoms with Gasteiger partial charge < -0.3 is 5.73 Å². The average Bonchev–Trinajstić information content (AvgIpc) is 2.68. The van der Waals surface area contributed by atoms with Gasteiger partial charge in [0.25, 0.3) is 0 Å². The minimum atomic E-state index is 0.368. The highest BCUT2D eigenvalue weighted by Gasteiger charge is 2.18. The second kappa shape index (κ2) is 15.7. The van der Waals surface area contributed by atoms with E-state index >= 15 is 0 Å². The Hall–Kier alpha value is -1.38. The van der Waals surface area contributed by atoms with E-state index in [2.05, 4.69) is 19.0 Å². The van der Waals surface area contributed by atoms with E-state index in [4.69, 9.17) is 5.73 Å². The summed E-state index contributed by atoms with van der Waals surface area (Å²) in [5, 5.41) is 3.21. The lowest BCUT2D eigenvalue weighted by Gasteiger charge is -2.19. The lowest BCUT2D eigenvalue weighted by molar-refractivity contribution is 0.504. The molecule has 0 radical (unpaired) electrons. The molecule has 0 aromatic heterocycles. The van der Waals surface area contributed by atoms with Gasteiger partial charge in [0.15, 0.2) is 0 Å². The highest BCUT2D eigenvalue weighted by molar-refractivity contribution is 5.62. The van der Waals surface area contributed by atoms with E-state index in [-0.39, 0.29) is 0 Å². The van der Waals surface area contributed by atoms with Gasteiger partial charge in [-0.15, -0.1) is 4.91 Å². The van der Waals surface area contributed by atoms with Crippen LogP contribution in [0.4, 0.5) is 11.4 Å². The van der Waals surface area contributed by atoms with Crippen molar-refractivity contribution in [1.82, 2.24) is 0 Å². The van der Waals surface area contributed by atoms with Crippen molar-refractivity contribution < 1.29 is 0 Å². The summed E-state index contributed by atoms with van der Waals surface area (Å²) in [6.45, 7) is 4.47. The Morgan fingerprint density at radius 2 is 1.33 bits per heavy atom. The molecule has 0 bridgehead atoms. The topological polar surface area (TPSA) is 55.4 Å². The van der Waals surface area contributed by atoms with Crippen molar-refractivity contribution in [2.24, 2.45) is 5.18 Å². The van der Waals surface area contributed by atoms with Gasteiger partial charge in [0.1, 0.15) is 5.69 Å². The second-order valence-corrected chi connectivity index (χ2v) is 8.03. The third-order valence-corrected chi connectivity index (χ3v) is 5.67. The Morgan fingerprint density at radius 1 is 0.778 bits per heavy atom. The van der Waals surface area contributed by atoms with E-state index in [1.54, 1.807) is 6.07 Å². The zero-order valence-corrected chi connectivity index (χ0v) is 17.8. The van der Waals surface area contributed by atoms with Crippen molar-refractivity contribution >= 4 is 11.4 Å². The van der Waals surface area contributed by atoms with Crippen LogP contribution in [0.15, 0.2) is 23.4 Å². The molecular weight excluding hydrogens is 332 g/mol. The number of nitroso groups, excluding NO2 is 1. The number of hydrogen-bond acceptors (Lipinski definition) is 3. The third-order valence-electron chi connectivity index (χ3n) is 5.67. The maximum Gasteiger partial charge on any atom is 0.113 e. The molecule has 154 valence electrons. The zero-order chi connectivity index (χ0) is 19.7. The molecule has 3 heteroatoms. The number of unbranched alkanes of at least 4 members (excludes halogenated alkanes) is 11. The average molecular weight is 375 g/mol. The van der Waals surface area contributed by atoms with E-state index < -0.39 is 0 Å². The van der Waals surface area contributed by atoms with Crippen molar-refractivity contribution in [2.75, 3.05) is 5.73 Å². The van der Waals surface area contributed by atoms with Crippen LogP contribution in [0.2, 0.25) is 0 Å². The molecule has 0 heterocycles. The largest absolute Gasteiger partial charge is 0.398 e. The summed E-state index contributed by atoms with van der Waals surface area (Å²) in [6.07, 6.45) is 19.7. The van der Waals surface area contributed by atoms with Crippen LogP contribution >= 0.6 is 0 Å². The molecule has 0 amide bonds. The molecule has 0 aliphatic carbocycles. The molecule has 1 unspecified atom stereocenters. The molecule has 3 nitrogen and oxygen atoms in total. The molecule has 27 heavy (non-hydrogen) atoms. The van der Waals surface area contributed by atoms with Crippen LogP contribution in [0.1, 0.15) is 122 Å². The van der Waals surface area contributed by atoms with Gasteiger partial charge in [-0.3, -0.25) is 0 Å². The molecule has 0 fully saturated rings. The highest BCUT2D eigenvalue weighted by atomic mass is 16.3. The van der Waals surface area contributed by atoms with Crippen LogP contribution in [0.25, 0.3) is 0 Å². The normalized spacial score (nSPS) is 12.2. The summed E-state index contributed by atoms with van der Waals surface area (Å²) in [7, 11) is 0. The molecule has 0 aliphatic heterocycles. The van der Waals surface area contributed by atoms with Gasteiger partial charge in [0.05, 0.1) is 0 Å². The molecule has 1 atom stereocenters. The van der Waals surface area contributed by atoms with Crippen LogP contribution in [0.5, 0.6) is 0 Å². The minimum absolute atomic E-state index is 0.368. The summed E-state index contributed by atoms with van der Waals surface area (Å²) >= 11 is 0. The smallest absolute Gasteiger partial charge is 0.113 e. The summed E-state index contributed by atoms with van der Waals surface area (Å²) in [5.74, 6) is 0.368. The number of benzene rings is 1. The Labute approximate surface area is 167 Å². The van der Waals surface area contributed by atoms with Crippen LogP contribution < -0.4 is 5.73 Å². The van der Waals surface area contributed by atoms with Crippen molar-refractivity contribution in [2.45, 2.75) is 116 Å². The molecule has 0 saturated carbocycles. The predicted molar refractivity (Wildman–Crippen MR) is 120 cm³/mol. The third kappa shape index (κ3) is 9.93. The van der Waals surface area contributed by atoms with Gasteiger partial charge in [-0.05, 0) is 36.1 Å². The fraction of sp³-hybridized carbons (Fsp3) is 0.750. The monoisotopic (exact) mass is 374 g/mol. The first-order valence-electron chi connectivity index (χ1n) is 11.5. The van der Waals surface area contributed by atoms with E-state index in [1.165, 1.54) is 77.0 Å². The number of nitrogen functional groups attached to an aromatic ring is 1. The quantitative estimate of drug-likeness (QED) is 0.168. The molecular formula is C24H42N2O. The van der Waals surface area contributed by atoms with Gasteiger partial charge >= 0.3 is 0 Å². The fourth-order valence-electron chi connectivity index (χ4n) is 4.11. The van der Waals surface area contributed by atoms with Crippen molar-refractivity contribution in [3.05, 3.63) is 28.7 Å². The maximum atomic E-state index is 11.2. The summed E-state index contributed by atoms with van der Waals surface area (Å²) in [5.41, 5.74) is 8.41. The number of rotatable bonds is 17. The van der Waals surface area contributed by atoms with Crippen molar-refractivity contribution in [1.29, 1.82) is 0 Å². The van der Waals surface area contributed by atoms with Gasteiger partial charge in [-0.1, -0.05) is 103 Å². The van der Waals surface area contributed by atoms with E-state index in [1.807, 2.05) is 12.1 Å². The first kappa shape index (κ1) is 23.7. The number of nitrogens with two attached hydrogens (primary N) is 1. The standard InChI is InChI=1S/C24H42N2O/c1-3-5-6-7-8-9-10-11-12-13-14-15-18-21(17-4-2)24-22(25)19-16-20-23(24)26-27/h16,19-21H,3-15,17-18,25H2,1-2H3. The zero-order valence-electron chi connectivity index (χ0n) is 17.8. The number of hydrogen-bond donors (Lipinski definition) is 1. The van der Waals surface area contributed by atoms with Gasteiger partial charge in [0.2, 0.25) is 0 Å². The van der Waals surface area contributed by atoms with E-state index in [0.717, 1.165) is 30.5 Å². The molecule has 0 spiro atoms. The Kier molecular flexibility index (Phi) is 13.7. The molecule has 1 aromatic rings. The molecule has 0 aliphatic rings. The van der Waals surface area contributed by atoms with Crippen LogP contribution in [0, 0.1) is 4.91 Å². The van der Waals surface area contributed by atoms with Crippen LogP contribution in [-0.4, -0.2) is 0 Å².